The molecule has 114 valence electrons. The molecule has 0 spiro atoms. The number of aliphatic hydroxyl groups excluding tert-OH is 1. The molecule has 0 bridgehead atoms. The van der Waals surface area contributed by atoms with Crippen molar-refractivity contribution in [1.82, 2.24) is 19.9 Å². The molecule has 0 unspecified atom stereocenters. The van der Waals surface area contributed by atoms with Crippen molar-refractivity contribution in [2.24, 2.45) is 5.41 Å². The molecule has 4 N–H and O–H groups in total. The molecule has 0 amide bonds. The van der Waals surface area contributed by atoms with E-state index in [2.05, 4.69) is 37.5 Å². The van der Waals surface area contributed by atoms with Gasteiger partial charge in [-0.15, -0.1) is 0 Å². The van der Waals surface area contributed by atoms with E-state index in [1.807, 2.05) is 0 Å². The summed E-state index contributed by atoms with van der Waals surface area (Å²) in [4.78, 5) is 16.2. The third-order valence-corrected chi connectivity index (χ3v) is 4.05. The van der Waals surface area contributed by atoms with Crippen molar-refractivity contribution >= 4 is 22.9 Å². The fraction of sp³-hybridized carbons (Fsp3) is 0.643. The number of nitrogens with zero attached hydrogens (tertiary/aromatic N) is 3. The summed E-state index contributed by atoms with van der Waals surface area (Å²) in [6, 6.07) is 0. The lowest BCUT2D eigenvalue weighted by molar-refractivity contribution is 0.253. The van der Waals surface area contributed by atoms with E-state index < -0.39 is 0 Å². The highest BCUT2D eigenvalue weighted by atomic mass is 16.3. The van der Waals surface area contributed by atoms with E-state index in [0.29, 0.717) is 11.6 Å². The quantitative estimate of drug-likeness (QED) is 0.591. The minimum absolute atomic E-state index is 0.239. The standard InChI is InChI=1S/C14H22N6O/c1-2-6-15-13-19-11(10-12(20-13)18-9-17-10)16-8-14(3-4-14)5-7-21/h9,21H,2-8H2,1H3,(H3,15,16,17,18,19,20). The van der Waals surface area contributed by atoms with Gasteiger partial charge in [-0.25, -0.2) is 4.98 Å². The second-order valence-electron chi connectivity index (χ2n) is 5.75. The topological polar surface area (TPSA) is 98.8 Å². The molecule has 3 rings (SSSR count). The van der Waals surface area contributed by atoms with Gasteiger partial charge in [-0.2, -0.15) is 9.97 Å². The molecule has 2 heterocycles. The molecule has 0 saturated heterocycles. The van der Waals surface area contributed by atoms with E-state index in [1.165, 1.54) is 12.8 Å². The molecule has 1 fully saturated rings. The zero-order valence-electron chi connectivity index (χ0n) is 12.3. The molecule has 2 aromatic heterocycles. The molecule has 7 heteroatoms. The molecular weight excluding hydrogens is 268 g/mol. The van der Waals surface area contributed by atoms with Crippen LogP contribution >= 0.6 is 0 Å². The number of fused-ring (bicyclic) bond motifs is 1. The van der Waals surface area contributed by atoms with E-state index in [9.17, 15) is 0 Å². The van der Waals surface area contributed by atoms with Gasteiger partial charge in [0, 0.05) is 19.7 Å². The van der Waals surface area contributed by atoms with Crippen LogP contribution in [-0.2, 0) is 0 Å². The average Bonchev–Trinajstić information content (AvgIpc) is 3.09. The summed E-state index contributed by atoms with van der Waals surface area (Å²) in [5.41, 5.74) is 1.73. The average molecular weight is 290 g/mol. The van der Waals surface area contributed by atoms with Crippen LogP contribution in [0.15, 0.2) is 6.33 Å². The van der Waals surface area contributed by atoms with Gasteiger partial charge in [0.25, 0.3) is 0 Å². The smallest absolute Gasteiger partial charge is 0.226 e. The molecule has 1 aliphatic carbocycles. The second kappa shape index (κ2) is 5.85. The largest absolute Gasteiger partial charge is 0.396 e. The highest BCUT2D eigenvalue weighted by Crippen LogP contribution is 2.48. The van der Waals surface area contributed by atoms with Crippen LogP contribution in [0.2, 0.25) is 0 Å². The lowest BCUT2D eigenvalue weighted by atomic mass is 10.0. The Morgan fingerprint density at radius 2 is 2.19 bits per heavy atom. The first-order valence-electron chi connectivity index (χ1n) is 7.56. The van der Waals surface area contributed by atoms with Crippen molar-refractivity contribution < 1.29 is 5.11 Å². The molecule has 0 radical (unpaired) electrons. The number of hydrogen-bond donors (Lipinski definition) is 4. The molecule has 1 saturated carbocycles. The minimum Gasteiger partial charge on any atom is -0.396 e. The van der Waals surface area contributed by atoms with E-state index >= 15 is 0 Å². The SMILES string of the molecule is CCCNc1nc(NCC2(CCO)CC2)c2[nH]cnc2n1. The lowest BCUT2D eigenvalue weighted by Crippen LogP contribution is -2.18. The van der Waals surface area contributed by atoms with E-state index in [0.717, 1.165) is 37.3 Å². The number of aliphatic hydroxyl groups is 1. The van der Waals surface area contributed by atoms with Crippen LogP contribution in [0, 0.1) is 5.41 Å². The Morgan fingerprint density at radius 1 is 1.33 bits per heavy atom. The molecule has 2 aromatic rings. The third kappa shape index (κ3) is 3.07. The van der Waals surface area contributed by atoms with Crippen molar-refractivity contribution in [3.05, 3.63) is 6.33 Å². The third-order valence-electron chi connectivity index (χ3n) is 4.05. The lowest BCUT2D eigenvalue weighted by Gasteiger charge is -2.15. The molecule has 21 heavy (non-hydrogen) atoms. The van der Waals surface area contributed by atoms with Crippen LogP contribution in [0.4, 0.5) is 11.8 Å². The Kier molecular flexibility index (Phi) is 3.92. The Bertz CT molecular complexity index is 607. The summed E-state index contributed by atoms with van der Waals surface area (Å²) in [6.07, 6.45) is 5.83. The van der Waals surface area contributed by atoms with Gasteiger partial charge < -0.3 is 20.7 Å². The summed E-state index contributed by atoms with van der Waals surface area (Å²) in [6.45, 7) is 4.01. The number of aromatic nitrogens is 4. The second-order valence-corrected chi connectivity index (χ2v) is 5.75. The maximum Gasteiger partial charge on any atom is 0.226 e. The molecule has 1 aliphatic rings. The van der Waals surface area contributed by atoms with Crippen LogP contribution in [0.3, 0.4) is 0 Å². The van der Waals surface area contributed by atoms with Crippen LogP contribution in [0.25, 0.3) is 11.2 Å². The van der Waals surface area contributed by atoms with Gasteiger partial charge >= 0.3 is 0 Å². The first-order valence-corrected chi connectivity index (χ1v) is 7.56. The monoisotopic (exact) mass is 290 g/mol. The summed E-state index contributed by atoms with van der Waals surface area (Å²) in [5.74, 6) is 1.38. The van der Waals surface area contributed by atoms with Crippen LogP contribution in [0.5, 0.6) is 0 Å². The number of H-pyrrole nitrogens is 1. The maximum atomic E-state index is 9.14. The zero-order chi connectivity index (χ0) is 14.7. The van der Waals surface area contributed by atoms with Crippen LogP contribution < -0.4 is 10.6 Å². The first kappa shape index (κ1) is 14.1. The van der Waals surface area contributed by atoms with Gasteiger partial charge in [0.2, 0.25) is 5.95 Å². The first-order chi connectivity index (χ1) is 10.3. The van der Waals surface area contributed by atoms with Gasteiger partial charge in [-0.3, -0.25) is 0 Å². The fourth-order valence-corrected chi connectivity index (χ4v) is 2.48. The Morgan fingerprint density at radius 3 is 2.90 bits per heavy atom. The minimum atomic E-state index is 0.239. The Hall–Kier alpha value is -1.89. The fourth-order valence-electron chi connectivity index (χ4n) is 2.48. The van der Waals surface area contributed by atoms with Crippen molar-refractivity contribution in [2.45, 2.75) is 32.6 Å². The van der Waals surface area contributed by atoms with Gasteiger partial charge in [0.05, 0.1) is 6.33 Å². The summed E-state index contributed by atoms with van der Waals surface area (Å²) in [5, 5.41) is 15.7. The van der Waals surface area contributed by atoms with Gasteiger partial charge in [0.1, 0.15) is 5.52 Å². The Labute approximate surface area is 123 Å². The normalized spacial score (nSPS) is 16.1. The number of imidazole rings is 1. The maximum absolute atomic E-state index is 9.14. The summed E-state index contributed by atoms with van der Waals surface area (Å²) >= 11 is 0. The predicted molar refractivity (Wildman–Crippen MR) is 82.3 cm³/mol. The summed E-state index contributed by atoms with van der Waals surface area (Å²) < 4.78 is 0. The molecule has 7 nitrogen and oxygen atoms in total. The molecule has 0 atom stereocenters. The molecule has 0 aliphatic heterocycles. The van der Waals surface area contributed by atoms with Crippen molar-refractivity contribution in [2.75, 3.05) is 30.3 Å². The highest BCUT2D eigenvalue weighted by molar-refractivity contribution is 5.83. The van der Waals surface area contributed by atoms with Crippen LogP contribution in [-0.4, -0.2) is 44.7 Å². The van der Waals surface area contributed by atoms with Gasteiger partial charge in [-0.1, -0.05) is 6.92 Å². The summed E-state index contributed by atoms with van der Waals surface area (Å²) in [7, 11) is 0. The van der Waals surface area contributed by atoms with E-state index in [-0.39, 0.29) is 12.0 Å². The number of rotatable bonds is 8. The van der Waals surface area contributed by atoms with Gasteiger partial charge in [-0.05, 0) is 31.1 Å². The molecular formula is C14H22N6O. The van der Waals surface area contributed by atoms with Crippen LogP contribution in [0.1, 0.15) is 32.6 Å². The number of nitrogens with one attached hydrogen (secondary N) is 3. The molecule has 0 aromatic carbocycles. The number of hydrogen-bond acceptors (Lipinski definition) is 6. The van der Waals surface area contributed by atoms with Gasteiger partial charge in [0.15, 0.2) is 11.5 Å². The predicted octanol–water partition coefficient (Wildman–Crippen LogP) is 1.75. The van der Waals surface area contributed by atoms with Crippen molar-refractivity contribution in [3.63, 3.8) is 0 Å². The van der Waals surface area contributed by atoms with E-state index in [1.54, 1.807) is 6.33 Å². The number of aromatic amines is 1. The van der Waals surface area contributed by atoms with Crippen molar-refractivity contribution in [3.8, 4) is 0 Å². The highest BCUT2D eigenvalue weighted by Gasteiger charge is 2.41. The zero-order valence-corrected chi connectivity index (χ0v) is 12.3. The van der Waals surface area contributed by atoms with E-state index in [4.69, 9.17) is 5.11 Å². The Balaban J connectivity index is 1.77. The van der Waals surface area contributed by atoms with Crippen molar-refractivity contribution in [1.29, 1.82) is 0 Å². The number of anilines is 2.